The molecule has 5 nitrogen and oxygen atoms in total. The van der Waals surface area contributed by atoms with Gasteiger partial charge in [-0.1, -0.05) is 17.7 Å². The highest BCUT2D eigenvalue weighted by Gasteiger charge is 2.04. The van der Waals surface area contributed by atoms with E-state index in [0.29, 0.717) is 23.3 Å². The van der Waals surface area contributed by atoms with Crippen molar-refractivity contribution in [3.8, 4) is 11.6 Å². The van der Waals surface area contributed by atoms with E-state index in [9.17, 15) is 5.11 Å². The lowest BCUT2D eigenvalue weighted by atomic mass is 10.3. The third-order valence-electron chi connectivity index (χ3n) is 2.38. The van der Waals surface area contributed by atoms with Crippen molar-refractivity contribution in [3.63, 3.8) is 0 Å². The van der Waals surface area contributed by atoms with Gasteiger partial charge in [-0.25, -0.2) is 0 Å². The van der Waals surface area contributed by atoms with E-state index in [1.54, 1.807) is 24.3 Å². The lowest BCUT2D eigenvalue weighted by Crippen LogP contribution is -2.20. The summed E-state index contributed by atoms with van der Waals surface area (Å²) in [5.74, 6) is 1.14. The number of aromatic nitrogens is 2. The number of benzene rings is 1. The average Bonchev–Trinajstić information content (AvgIpc) is 2.47. The molecule has 1 aromatic heterocycles. The first-order chi connectivity index (χ1) is 9.67. The summed E-state index contributed by atoms with van der Waals surface area (Å²) in [6, 6.07) is 10.5. The zero-order chi connectivity index (χ0) is 14.4. The van der Waals surface area contributed by atoms with Crippen LogP contribution in [0, 0.1) is 0 Å². The number of halogens is 2. The van der Waals surface area contributed by atoms with E-state index in [4.69, 9.17) is 27.9 Å². The highest BCUT2D eigenvalue weighted by Crippen LogP contribution is 2.22. The molecule has 0 aliphatic rings. The number of aliphatic hydroxyl groups excluding tert-OH is 1. The smallest absolute Gasteiger partial charge is 0.238 e. The number of rotatable bonds is 6. The zero-order valence-corrected chi connectivity index (χ0v) is 12.0. The zero-order valence-electron chi connectivity index (χ0n) is 10.5. The minimum atomic E-state index is -0.594. The largest absolute Gasteiger partial charge is 0.437 e. The van der Waals surface area contributed by atoms with Gasteiger partial charge in [0.25, 0.3) is 0 Å². The molecule has 2 N–H and O–H groups in total. The van der Waals surface area contributed by atoms with Crippen LogP contribution < -0.4 is 10.1 Å². The van der Waals surface area contributed by atoms with Crippen molar-refractivity contribution in [1.29, 1.82) is 0 Å². The maximum atomic E-state index is 9.39. The molecule has 20 heavy (non-hydrogen) atoms. The predicted molar refractivity (Wildman–Crippen MR) is 78.8 cm³/mol. The molecular weight excluding hydrogens is 301 g/mol. The number of aliphatic hydroxyl groups is 1. The SMILES string of the molecule is OC(CCl)CNc1cccc(Oc2ccc(Cl)nn2)c1. The summed E-state index contributed by atoms with van der Waals surface area (Å²) in [7, 11) is 0. The fourth-order valence-electron chi connectivity index (χ4n) is 1.44. The molecule has 0 fully saturated rings. The molecule has 1 heterocycles. The van der Waals surface area contributed by atoms with Crippen LogP contribution in [0.25, 0.3) is 0 Å². The summed E-state index contributed by atoms with van der Waals surface area (Å²) in [6.07, 6.45) is -0.594. The van der Waals surface area contributed by atoms with Gasteiger partial charge >= 0.3 is 0 Å². The quantitative estimate of drug-likeness (QED) is 0.803. The Bertz CT molecular complexity index is 552. The van der Waals surface area contributed by atoms with Crippen molar-refractivity contribution < 1.29 is 9.84 Å². The van der Waals surface area contributed by atoms with Crippen molar-refractivity contribution in [2.24, 2.45) is 0 Å². The molecule has 0 radical (unpaired) electrons. The van der Waals surface area contributed by atoms with Gasteiger partial charge in [0, 0.05) is 24.4 Å². The van der Waals surface area contributed by atoms with Crippen LogP contribution >= 0.6 is 23.2 Å². The Morgan fingerprint density at radius 3 is 2.80 bits per heavy atom. The first kappa shape index (κ1) is 14.8. The lowest BCUT2D eigenvalue weighted by Gasteiger charge is -2.11. The molecule has 0 saturated carbocycles. The first-order valence-corrected chi connectivity index (χ1v) is 6.83. The molecular formula is C13H13Cl2N3O2. The molecule has 0 bridgehead atoms. The Hall–Kier alpha value is -1.56. The van der Waals surface area contributed by atoms with E-state index in [1.165, 1.54) is 0 Å². The van der Waals surface area contributed by atoms with Crippen LogP contribution in [-0.2, 0) is 0 Å². The topological polar surface area (TPSA) is 67.3 Å². The minimum absolute atomic E-state index is 0.184. The van der Waals surface area contributed by atoms with E-state index in [1.807, 2.05) is 12.1 Å². The number of hydrogen-bond acceptors (Lipinski definition) is 5. The lowest BCUT2D eigenvalue weighted by molar-refractivity contribution is 0.211. The highest BCUT2D eigenvalue weighted by atomic mass is 35.5. The molecule has 2 rings (SSSR count). The van der Waals surface area contributed by atoms with E-state index in [2.05, 4.69) is 15.5 Å². The Morgan fingerprint density at radius 1 is 1.25 bits per heavy atom. The molecule has 0 aliphatic heterocycles. The second-order valence-corrected chi connectivity index (χ2v) is 4.71. The van der Waals surface area contributed by atoms with Crippen molar-refractivity contribution in [3.05, 3.63) is 41.6 Å². The fraction of sp³-hybridized carbons (Fsp3) is 0.231. The molecule has 0 aliphatic carbocycles. The van der Waals surface area contributed by atoms with E-state index < -0.39 is 6.10 Å². The standard InChI is InChI=1S/C13H13Cl2N3O2/c14-7-10(19)8-16-9-2-1-3-11(6-9)20-13-5-4-12(15)17-18-13/h1-6,10,16,19H,7-8H2. The molecule has 1 aromatic carbocycles. The van der Waals surface area contributed by atoms with Crippen LogP contribution in [0.15, 0.2) is 36.4 Å². The fourth-order valence-corrected chi connectivity index (χ4v) is 1.65. The van der Waals surface area contributed by atoms with Crippen LogP contribution in [-0.4, -0.2) is 33.8 Å². The molecule has 106 valence electrons. The van der Waals surface area contributed by atoms with Crippen molar-refractivity contribution in [2.75, 3.05) is 17.7 Å². The number of anilines is 1. The second kappa shape index (κ2) is 7.28. The highest BCUT2D eigenvalue weighted by molar-refractivity contribution is 6.29. The Labute approximate surface area is 126 Å². The number of alkyl halides is 1. The Balaban J connectivity index is 2.00. The van der Waals surface area contributed by atoms with E-state index in [0.717, 1.165) is 5.69 Å². The van der Waals surface area contributed by atoms with Gasteiger partial charge in [0.05, 0.1) is 12.0 Å². The van der Waals surface area contributed by atoms with Crippen molar-refractivity contribution in [1.82, 2.24) is 10.2 Å². The van der Waals surface area contributed by atoms with Gasteiger partial charge in [0.15, 0.2) is 5.15 Å². The number of nitrogens with one attached hydrogen (secondary N) is 1. The molecule has 0 spiro atoms. The number of hydrogen-bond donors (Lipinski definition) is 2. The molecule has 0 saturated heterocycles. The van der Waals surface area contributed by atoms with Crippen LogP contribution in [0.1, 0.15) is 0 Å². The molecule has 1 unspecified atom stereocenters. The van der Waals surface area contributed by atoms with Gasteiger partial charge in [-0.15, -0.1) is 21.8 Å². The van der Waals surface area contributed by atoms with Crippen molar-refractivity contribution >= 4 is 28.9 Å². The maximum Gasteiger partial charge on any atom is 0.238 e. The summed E-state index contributed by atoms with van der Waals surface area (Å²) in [5, 5.41) is 20.3. The number of nitrogens with zero attached hydrogens (tertiary/aromatic N) is 2. The van der Waals surface area contributed by atoms with Crippen LogP contribution in [0.3, 0.4) is 0 Å². The van der Waals surface area contributed by atoms with Gasteiger partial charge < -0.3 is 15.2 Å². The summed E-state index contributed by atoms with van der Waals surface area (Å²) >= 11 is 11.2. The number of ether oxygens (including phenoxy) is 1. The van der Waals surface area contributed by atoms with Crippen LogP contribution in [0.4, 0.5) is 5.69 Å². The maximum absolute atomic E-state index is 9.39. The predicted octanol–water partition coefficient (Wildman–Crippen LogP) is 2.93. The molecule has 1 atom stereocenters. The monoisotopic (exact) mass is 313 g/mol. The van der Waals surface area contributed by atoms with E-state index in [-0.39, 0.29) is 5.88 Å². The normalized spacial score (nSPS) is 11.9. The third kappa shape index (κ3) is 4.52. The summed E-state index contributed by atoms with van der Waals surface area (Å²) in [5.41, 5.74) is 0.814. The Morgan fingerprint density at radius 2 is 2.10 bits per heavy atom. The van der Waals surface area contributed by atoms with Gasteiger partial charge in [0.1, 0.15) is 5.75 Å². The van der Waals surface area contributed by atoms with E-state index >= 15 is 0 Å². The summed E-state index contributed by atoms with van der Waals surface area (Å²) in [4.78, 5) is 0. The second-order valence-electron chi connectivity index (χ2n) is 4.01. The minimum Gasteiger partial charge on any atom is -0.437 e. The van der Waals surface area contributed by atoms with Gasteiger partial charge in [-0.3, -0.25) is 0 Å². The molecule has 2 aromatic rings. The van der Waals surface area contributed by atoms with Crippen LogP contribution in [0.2, 0.25) is 5.15 Å². The average molecular weight is 314 g/mol. The van der Waals surface area contributed by atoms with Gasteiger partial charge in [0.2, 0.25) is 5.88 Å². The molecule has 7 heteroatoms. The van der Waals surface area contributed by atoms with Gasteiger partial charge in [-0.05, 0) is 18.2 Å². The van der Waals surface area contributed by atoms with Crippen molar-refractivity contribution in [2.45, 2.75) is 6.10 Å². The summed E-state index contributed by atoms with van der Waals surface area (Å²) in [6.45, 7) is 0.369. The van der Waals surface area contributed by atoms with Crippen LogP contribution in [0.5, 0.6) is 11.6 Å². The third-order valence-corrected chi connectivity index (χ3v) is 2.94. The first-order valence-electron chi connectivity index (χ1n) is 5.92. The Kier molecular flexibility index (Phi) is 5.40. The summed E-state index contributed by atoms with van der Waals surface area (Å²) < 4.78 is 5.55. The molecule has 0 amide bonds. The van der Waals surface area contributed by atoms with Gasteiger partial charge in [-0.2, -0.15) is 0 Å².